The van der Waals surface area contributed by atoms with Crippen LogP contribution in [0.5, 0.6) is 0 Å². The molecule has 0 radical (unpaired) electrons. The predicted molar refractivity (Wildman–Crippen MR) is 66.2 cm³/mol. The molecular formula is C12H26N2O. The van der Waals surface area contributed by atoms with Crippen molar-refractivity contribution in [2.24, 2.45) is 5.92 Å². The first-order valence-electron chi connectivity index (χ1n) is 5.65. The summed E-state index contributed by atoms with van der Waals surface area (Å²) in [5.41, 5.74) is 0. The topological polar surface area (TPSA) is 24.5 Å². The molecule has 0 amide bonds. The van der Waals surface area contributed by atoms with E-state index in [1.807, 2.05) is 13.1 Å². The van der Waals surface area contributed by atoms with Crippen LogP contribution >= 0.6 is 0 Å². The largest absolute Gasteiger partial charge is 0.383 e. The van der Waals surface area contributed by atoms with Gasteiger partial charge in [0.2, 0.25) is 0 Å². The van der Waals surface area contributed by atoms with Crippen LogP contribution in [0.1, 0.15) is 13.8 Å². The van der Waals surface area contributed by atoms with Crippen LogP contribution in [0, 0.1) is 5.92 Å². The minimum Gasteiger partial charge on any atom is -0.383 e. The van der Waals surface area contributed by atoms with Gasteiger partial charge in [0, 0.05) is 32.8 Å². The van der Waals surface area contributed by atoms with Crippen molar-refractivity contribution in [2.75, 3.05) is 40.4 Å². The first kappa shape index (κ1) is 14.6. The Morgan fingerprint density at radius 2 is 2.13 bits per heavy atom. The van der Waals surface area contributed by atoms with E-state index in [1.54, 1.807) is 7.11 Å². The van der Waals surface area contributed by atoms with Crippen LogP contribution in [-0.2, 0) is 4.74 Å². The van der Waals surface area contributed by atoms with Crippen LogP contribution in [-0.4, -0.2) is 51.3 Å². The van der Waals surface area contributed by atoms with Crippen molar-refractivity contribution in [3.8, 4) is 0 Å². The lowest BCUT2D eigenvalue weighted by atomic mass is 10.0. The second-order valence-corrected chi connectivity index (χ2v) is 4.15. The summed E-state index contributed by atoms with van der Waals surface area (Å²) < 4.78 is 5.13. The summed E-state index contributed by atoms with van der Waals surface area (Å²) in [4.78, 5) is 2.41. The molecule has 0 aromatic heterocycles. The van der Waals surface area contributed by atoms with Crippen molar-refractivity contribution < 1.29 is 4.74 Å². The SMILES string of the molecule is C=CCN(CCOC)C(CNC)C(C)C. The fraction of sp³-hybridized carbons (Fsp3) is 0.833. The standard InChI is InChI=1S/C12H26N2O/c1-6-7-14(8-9-15-5)12(10-13-4)11(2)3/h6,11-13H,1,7-10H2,2-5H3. The highest BCUT2D eigenvalue weighted by molar-refractivity contribution is 4.82. The Balaban J connectivity index is 4.29. The number of likely N-dealkylation sites (N-methyl/N-ethyl adjacent to an activating group) is 1. The molecular weight excluding hydrogens is 188 g/mol. The van der Waals surface area contributed by atoms with Gasteiger partial charge in [0.15, 0.2) is 0 Å². The Labute approximate surface area is 94.5 Å². The third-order valence-corrected chi connectivity index (χ3v) is 2.60. The molecule has 0 aromatic rings. The van der Waals surface area contributed by atoms with E-state index in [9.17, 15) is 0 Å². The molecule has 0 saturated carbocycles. The third kappa shape index (κ3) is 5.92. The van der Waals surface area contributed by atoms with Gasteiger partial charge in [0.25, 0.3) is 0 Å². The zero-order valence-electron chi connectivity index (χ0n) is 10.6. The lowest BCUT2D eigenvalue weighted by Gasteiger charge is -2.33. The molecule has 0 aliphatic carbocycles. The second-order valence-electron chi connectivity index (χ2n) is 4.15. The van der Waals surface area contributed by atoms with E-state index < -0.39 is 0 Å². The van der Waals surface area contributed by atoms with E-state index in [1.165, 1.54) is 0 Å². The smallest absolute Gasteiger partial charge is 0.0589 e. The molecule has 0 aliphatic heterocycles. The number of methoxy groups -OCH3 is 1. The molecule has 3 heteroatoms. The van der Waals surface area contributed by atoms with Gasteiger partial charge in [-0.3, -0.25) is 4.90 Å². The average Bonchev–Trinajstić information content (AvgIpc) is 2.21. The Bertz CT molecular complexity index is 160. The van der Waals surface area contributed by atoms with Gasteiger partial charge in [-0.1, -0.05) is 19.9 Å². The molecule has 3 nitrogen and oxygen atoms in total. The Morgan fingerprint density at radius 3 is 2.53 bits per heavy atom. The van der Waals surface area contributed by atoms with Gasteiger partial charge < -0.3 is 10.1 Å². The number of nitrogens with one attached hydrogen (secondary N) is 1. The molecule has 1 unspecified atom stereocenters. The van der Waals surface area contributed by atoms with Crippen LogP contribution in [0.15, 0.2) is 12.7 Å². The molecule has 90 valence electrons. The average molecular weight is 214 g/mol. The van der Waals surface area contributed by atoms with Gasteiger partial charge in [-0.05, 0) is 13.0 Å². The van der Waals surface area contributed by atoms with Gasteiger partial charge in [0.1, 0.15) is 0 Å². The van der Waals surface area contributed by atoms with E-state index in [2.05, 4.69) is 30.6 Å². The molecule has 0 aliphatic rings. The highest BCUT2D eigenvalue weighted by Gasteiger charge is 2.19. The second kappa shape index (κ2) is 8.89. The summed E-state index contributed by atoms with van der Waals surface area (Å²) in [5, 5.41) is 3.25. The lowest BCUT2D eigenvalue weighted by molar-refractivity contribution is 0.110. The zero-order chi connectivity index (χ0) is 11.7. The number of rotatable bonds is 9. The maximum Gasteiger partial charge on any atom is 0.0589 e. The zero-order valence-corrected chi connectivity index (χ0v) is 10.6. The first-order valence-corrected chi connectivity index (χ1v) is 5.65. The molecule has 1 atom stereocenters. The Kier molecular flexibility index (Phi) is 8.67. The third-order valence-electron chi connectivity index (χ3n) is 2.60. The maximum atomic E-state index is 5.13. The predicted octanol–water partition coefficient (Wildman–Crippen LogP) is 1.36. The molecule has 0 aromatic carbocycles. The molecule has 0 fully saturated rings. The highest BCUT2D eigenvalue weighted by Crippen LogP contribution is 2.09. The van der Waals surface area contributed by atoms with Crippen molar-refractivity contribution >= 4 is 0 Å². The quantitative estimate of drug-likeness (QED) is 0.587. The monoisotopic (exact) mass is 214 g/mol. The molecule has 0 rings (SSSR count). The molecule has 0 bridgehead atoms. The van der Waals surface area contributed by atoms with E-state index in [4.69, 9.17) is 4.74 Å². The van der Waals surface area contributed by atoms with Crippen molar-refractivity contribution in [3.63, 3.8) is 0 Å². The van der Waals surface area contributed by atoms with Crippen LogP contribution in [0.3, 0.4) is 0 Å². The van der Waals surface area contributed by atoms with Crippen LogP contribution < -0.4 is 5.32 Å². The summed E-state index contributed by atoms with van der Waals surface area (Å²) in [5.74, 6) is 0.634. The van der Waals surface area contributed by atoms with Gasteiger partial charge in [0.05, 0.1) is 6.61 Å². The van der Waals surface area contributed by atoms with Gasteiger partial charge in [-0.25, -0.2) is 0 Å². The van der Waals surface area contributed by atoms with Crippen molar-refractivity contribution in [3.05, 3.63) is 12.7 Å². The van der Waals surface area contributed by atoms with Crippen LogP contribution in [0.25, 0.3) is 0 Å². The summed E-state index contributed by atoms with van der Waals surface area (Å²) in [6.45, 7) is 12.0. The first-order chi connectivity index (χ1) is 7.17. The van der Waals surface area contributed by atoms with Crippen molar-refractivity contribution in [2.45, 2.75) is 19.9 Å². The number of nitrogens with zero attached hydrogens (tertiary/aromatic N) is 1. The molecule has 1 N–H and O–H groups in total. The lowest BCUT2D eigenvalue weighted by Crippen LogP contribution is -2.46. The molecule has 0 heterocycles. The summed E-state index contributed by atoms with van der Waals surface area (Å²) in [6, 6.07) is 0.545. The fourth-order valence-corrected chi connectivity index (χ4v) is 1.76. The van der Waals surface area contributed by atoms with E-state index in [-0.39, 0.29) is 0 Å². The fourth-order valence-electron chi connectivity index (χ4n) is 1.76. The minimum atomic E-state index is 0.545. The maximum absolute atomic E-state index is 5.13. The molecule has 15 heavy (non-hydrogen) atoms. The van der Waals surface area contributed by atoms with Gasteiger partial charge >= 0.3 is 0 Å². The van der Waals surface area contributed by atoms with Crippen LogP contribution in [0.2, 0.25) is 0 Å². The normalized spacial score (nSPS) is 13.5. The van der Waals surface area contributed by atoms with Gasteiger partial charge in [-0.2, -0.15) is 0 Å². The Morgan fingerprint density at radius 1 is 1.47 bits per heavy atom. The van der Waals surface area contributed by atoms with Crippen molar-refractivity contribution in [1.82, 2.24) is 10.2 Å². The van der Waals surface area contributed by atoms with Crippen LogP contribution in [0.4, 0.5) is 0 Å². The van der Waals surface area contributed by atoms with E-state index >= 15 is 0 Å². The summed E-state index contributed by atoms with van der Waals surface area (Å²) >= 11 is 0. The number of hydrogen-bond donors (Lipinski definition) is 1. The summed E-state index contributed by atoms with van der Waals surface area (Å²) in [7, 11) is 3.74. The summed E-state index contributed by atoms with van der Waals surface area (Å²) in [6.07, 6.45) is 1.96. The van der Waals surface area contributed by atoms with Crippen molar-refractivity contribution in [1.29, 1.82) is 0 Å². The Hall–Kier alpha value is -0.380. The van der Waals surface area contributed by atoms with Gasteiger partial charge in [-0.15, -0.1) is 6.58 Å². The van der Waals surface area contributed by atoms with E-state index in [0.29, 0.717) is 12.0 Å². The highest BCUT2D eigenvalue weighted by atomic mass is 16.5. The minimum absolute atomic E-state index is 0.545. The van der Waals surface area contributed by atoms with E-state index in [0.717, 1.165) is 26.2 Å². The molecule has 0 saturated heterocycles. The molecule has 0 spiro atoms. The number of ether oxygens (including phenoxy) is 1. The number of hydrogen-bond acceptors (Lipinski definition) is 3.